The zero-order valence-corrected chi connectivity index (χ0v) is 16.2. The third kappa shape index (κ3) is 4.14. The lowest BCUT2D eigenvalue weighted by Crippen LogP contribution is -2.16. The Morgan fingerprint density at radius 2 is 2.11 bits per heavy atom. The number of rotatable bonds is 7. The first-order valence-electron chi connectivity index (χ1n) is 8.77. The summed E-state index contributed by atoms with van der Waals surface area (Å²) in [6, 6.07) is 5.43. The second-order valence-electron chi connectivity index (χ2n) is 6.09. The summed E-state index contributed by atoms with van der Waals surface area (Å²) in [5.74, 6) is 0.445. The van der Waals surface area contributed by atoms with Crippen LogP contribution in [0.2, 0.25) is 0 Å². The quantitative estimate of drug-likeness (QED) is 0.714. The predicted octanol–water partition coefficient (Wildman–Crippen LogP) is 3.39. The lowest BCUT2D eigenvalue weighted by Gasteiger charge is -2.09. The topological polar surface area (TPSA) is 90.6 Å². The van der Waals surface area contributed by atoms with Crippen molar-refractivity contribution in [3.8, 4) is 11.5 Å². The molecular formula is C20H22N2O4S. The van der Waals surface area contributed by atoms with Gasteiger partial charge < -0.3 is 20.5 Å². The molecule has 0 aliphatic heterocycles. The van der Waals surface area contributed by atoms with Gasteiger partial charge in [0.1, 0.15) is 5.00 Å². The maximum absolute atomic E-state index is 12.3. The maximum atomic E-state index is 12.3. The number of nitrogens with one attached hydrogen (secondary N) is 1. The van der Waals surface area contributed by atoms with Crippen molar-refractivity contribution in [2.75, 3.05) is 19.0 Å². The standard InChI is InChI=1S/C20H22N2O4S/c1-3-26-14-9-7-12(11-15(14)25-2)8-10-17(23)22-20-18(19(21)24)13-5-4-6-16(13)27-20/h7-11H,3-6H2,1-2H3,(H2,21,24)(H,22,23)/b10-8+. The van der Waals surface area contributed by atoms with Crippen LogP contribution in [0, 0.1) is 0 Å². The Labute approximate surface area is 162 Å². The molecule has 0 atom stereocenters. The van der Waals surface area contributed by atoms with Crippen LogP contribution in [0.4, 0.5) is 5.00 Å². The number of ether oxygens (including phenoxy) is 2. The van der Waals surface area contributed by atoms with Gasteiger partial charge in [-0.15, -0.1) is 11.3 Å². The van der Waals surface area contributed by atoms with E-state index in [4.69, 9.17) is 15.2 Å². The molecule has 0 unspecified atom stereocenters. The van der Waals surface area contributed by atoms with Crippen LogP contribution in [0.5, 0.6) is 11.5 Å². The van der Waals surface area contributed by atoms with Crippen LogP contribution in [0.3, 0.4) is 0 Å². The van der Waals surface area contributed by atoms with Gasteiger partial charge in [0.15, 0.2) is 11.5 Å². The number of methoxy groups -OCH3 is 1. The SMILES string of the molecule is CCOc1ccc(/C=C/C(=O)Nc2sc3c(c2C(N)=O)CCC3)cc1OC. The fourth-order valence-electron chi connectivity index (χ4n) is 3.14. The predicted molar refractivity (Wildman–Crippen MR) is 107 cm³/mol. The van der Waals surface area contributed by atoms with Gasteiger partial charge in [0.25, 0.3) is 5.91 Å². The molecule has 0 spiro atoms. The van der Waals surface area contributed by atoms with Crippen molar-refractivity contribution >= 4 is 34.2 Å². The van der Waals surface area contributed by atoms with Crippen LogP contribution in [-0.4, -0.2) is 25.5 Å². The number of primary amides is 1. The normalized spacial score (nSPS) is 12.8. The smallest absolute Gasteiger partial charge is 0.251 e. The van der Waals surface area contributed by atoms with Crippen molar-refractivity contribution in [3.63, 3.8) is 0 Å². The Balaban J connectivity index is 1.74. The van der Waals surface area contributed by atoms with Gasteiger partial charge in [-0.2, -0.15) is 0 Å². The number of aryl methyl sites for hydroxylation is 1. The molecule has 142 valence electrons. The molecule has 0 fully saturated rings. The van der Waals surface area contributed by atoms with Crippen LogP contribution in [0.25, 0.3) is 6.08 Å². The summed E-state index contributed by atoms with van der Waals surface area (Å²) in [5, 5.41) is 3.32. The molecule has 1 aliphatic carbocycles. The number of benzene rings is 1. The summed E-state index contributed by atoms with van der Waals surface area (Å²) in [4.78, 5) is 25.2. The molecule has 0 bridgehead atoms. The number of anilines is 1. The monoisotopic (exact) mass is 386 g/mol. The third-order valence-electron chi connectivity index (χ3n) is 4.32. The summed E-state index contributed by atoms with van der Waals surface area (Å²) < 4.78 is 10.8. The molecule has 6 nitrogen and oxygen atoms in total. The summed E-state index contributed by atoms with van der Waals surface area (Å²) in [6.45, 7) is 2.44. The second-order valence-corrected chi connectivity index (χ2v) is 7.20. The molecule has 1 aromatic heterocycles. The van der Waals surface area contributed by atoms with E-state index < -0.39 is 5.91 Å². The van der Waals surface area contributed by atoms with E-state index >= 15 is 0 Å². The molecule has 0 saturated heterocycles. The molecule has 1 aliphatic rings. The van der Waals surface area contributed by atoms with Crippen molar-refractivity contribution in [1.82, 2.24) is 0 Å². The fraction of sp³-hybridized carbons (Fsp3) is 0.300. The van der Waals surface area contributed by atoms with E-state index in [9.17, 15) is 9.59 Å². The highest BCUT2D eigenvalue weighted by Gasteiger charge is 2.25. The van der Waals surface area contributed by atoms with Crippen molar-refractivity contribution < 1.29 is 19.1 Å². The van der Waals surface area contributed by atoms with Crippen LogP contribution < -0.4 is 20.5 Å². The average molecular weight is 386 g/mol. The van der Waals surface area contributed by atoms with Gasteiger partial charge in [-0.25, -0.2) is 0 Å². The van der Waals surface area contributed by atoms with E-state index in [1.165, 1.54) is 17.4 Å². The number of fused-ring (bicyclic) bond motifs is 1. The van der Waals surface area contributed by atoms with Crippen LogP contribution >= 0.6 is 11.3 Å². The minimum Gasteiger partial charge on any atom is -0.493 e. The molecule has 2 aromatic rings. The molecule has 27 heavy (non-hydrogen) atoms. The molecule has 0 saturated carbocycles. The summed E-state index contributed by atoms with van der Waals surface area (Å²) in [7, 11) is 1.57. The Hall–Kier alpha value is -2.80. The van der Waals surface area contributed by atoms with Crippen LogP contribution in [0.1, 0.15) is 39.7 Å². The summed E-state index contributed by atoms with van der Waals surface area (Å²) in [6.07, 6.45) is 5.89. The van der Waals surface area contributed by atoms with Crippen LogP contribution in [0.15, 0.2) is 24.3 Å². The average Bonchev–Trinajstić information content (AvgIpc) is 3.21. The number of hydrogen-bond acceptors (Lipinski definition) is 5. The zero-order chi connectivity index (χ0) is 19.4. The van der Waals surface area contributed by atoms with E-state index in [-0.39, 0.29) is 5.91 Å². The van der Waals surface area contributed by atoms with Gasteiger partial charge in [-0.1, -0.05) is 6.07 Å². The largest absolute Gasteiger partial charge is 0.493 e. The first-order valence-corrected chi connectivity index (χ1v) is 9.59. The number of carbonyl (C=O) groups is 2. The van der Waals surface area contributed by atoms with Gasteiger partial charge in [-0.05, 0) is 55.5 Å². The minimum absolute atomic E-state index is 0.315. The molecule has 1 aromatic carbocycles. The molecule has 0 radical (unpaired) electrons. The van der Waals surface area contributed by atoms with Gasteiger partial charge in [0.05, 0.1) is 19.3 Å². The van der Waals surface area contributed by atoms with Gasteiger partial charge in [0.2, 0.25) is 5.91 Å². The van der Waals surface area contributed by atoms with Crippen LogP contribution in [-0.2, 0) is 17.6 Å². The van der Waals surface area contributed by atoms with Crippen molar-refractivity contribution in [2.45, 2.75) is 26.2 Å². The summed E-state index contributed by atoms with van der Waals surface area (Å²) in [5.41, 5.74) is 7.76. The third-order valence-corrected chi connectivity index (χ3v) is 5.53. The Bertz CT molecular complexity index is 902. The van der Waals surface area contributed by atoms with E-state index in [0.29, 0.717) is 28.7 Å². The van der Waals surface area contributed by atoms with E-state index in [2.05, 4.69) is 5.32 Å². The minimum atomic E-state index is -0.495. The number of thiophene rings is 1. The van der Waals surface area contributed by atoms with Crippen molar-refractivity contribution in [3.05, 3.63) is 45.8 Å². The van der Waals surface area contributed by atoms with E-state index in [1.54, 1.807) is 25.3 Å². The second kappa shape index (κ2) is 8.26. The lowest BCUT2D eigenvalue weighted by atomic mass is 10.1. The number of amides is 2. The first kappa shape index (κ1) is 19.0. The zero-order valence-electron chi connectivity index (χ0n) is 15.3. The highest BCUT2D eigenvalue weighted by atomic mass is 32.1. The van der Waals surface area contributed by atoms with E-state index in [0.717, 1.165) is 35.3 Å². The fourth-order valence-corrected chi connectivity index (χ4v) is 4.44. The Morgan fingerprint density at radius 3 is 2.81 bits per heavy atom. The van der Waals surface area contributed by atoms with Crippen molar-refractivity contribution in [1.29, 1.82) is 0 Å². The molecule has 3 N–H and O–H groups in total. The molecule has 7 heteroatoms. The number of carbonyl (C=O) groups excluding carboxylic acids is 2. The maximum Gasteiger partial charge on any atom is 0.251 e. The Kier molecular flexibility index (Phi) is 5.81. The Morgan fingerprint density at radius 1 is 1.30 bits per heavy atom. The molecule has 1 heterocycles. The highest BCUT2D eigenvalue weighted by Crippen LogP contribution is 2.38. The lowest BCUT2D eigenvalue weighted by molar-refractivity contribution is -0.111. The molecule has 3 rings (SSSR count). The van der Waals surface area contributed by atoms with Gasteiger partial charge in [-0.3, -0.25) is 9.59 Å². The van der Waals surface area contributed by atoms with Gasteiger partial charge in [0, 0.05) is 11.0 Å². The number of nitrogens with two attached hydrogens (primary N) is 1. The highest BCUT2D eigenvalue weighted by molar-refractivity contribution is 7.17. The van der Waals surface area contributed by atoms with E-state index in [1.807, 2.05) is 13.0 Å². The number of hydrogen-bond donors (Lipinski definition) is 2. The first-order chi connectivity index (χ1) is 13.0. The molecule has 2 amide bonds. The summed E-state index contributed by atoms with van der Waals surface area (Å²) >= 11 is 1.44. The van der Waals surface area contributed by atoms with Crippen molar-refractivity contribution in [2.24, 2.45) is 5.73 Å². The van der Waals surface area contributed by atoms with Gasteiger partial charge >= 0.3 is 0 Å². The molecular weight excluding hydrogens is 364 g/mol.